The highest BCUT2D eigenvalue weighted by molar-refractivity contribution is 5.92. The molecule has 0 saturated heterocycles. The van der Waals surface area contributed by atoms with Gasteiger partial charge in [-0.1, -0.05) is 12.1 Å². The summed E-state index contributed by atoms with van der Waals surface area (Å²) in [6, 6.07) is 5.11. The first kappa shape index (κ1) is 12.8. The average molecular weight is 258 g/mol. The second-order valence-corrected chi connectivity index (χ2v) is 4.21. The predicted molar refractivity (Wildman–Crippen MR) is 72.5 cm³/mol. The van der Waals surface area contributed by atoms with Crippen LogP contribution in [0.15, 0.2) is 29.5 Å². The van der Waals surface area contributed by atoms with Crippen LogP contribution in [-0.2, 0) is 0 Å². The second kappa shape index (κ2) is 4.93. The van der Waals surface area contributed by atoms with E-state index in [1.165, 1.54) is 4.68 Å². The van der Waals surface area contributed by atoms with Gasteiger partial charge in [0.2, 0.25) is 5.95 Å². The van der Waals surface area contributed by atoms with Crippen molar-refractivity contribution in [1.29, 1.82) is 0 Å². The molecule has 19 heavy (non-hydrogen) atoms. The number of carbonyl (C=O) groups is 1. The maximum absolute atomic E-state index is 11.0. The summed E-state index contributed by atoms with van der Waals surface area (Å²) in [4.78, 5) is 15.0. The number of benzene rings is 1. The smallest absolute Gasteiger partial charge is 0.335 e. The van der Waals surface area contributed by atoms with Crippen LogP contribution in [0.2, 0.25) is 0 Å². The molecule has 0 saturated carbocycles. The SMILES string of the molecule is Cc1cn(N=Cc2ccc(C)c(C(=O)O)c2)c(N)n1. The zero-order valence-electron chi connectivity index (χ0n) is 10.7. The van der Waals surface area contributed by atoms with Crippen molar-refractivity contribution in [3.05, 3.63) is 46.8 Å². The maximum Gasteiger partial charge on any atom is 0.335 e. The Kier molecular flexibility index (Phi) is 3.33. The minimum absolute atomic E-state index is 0.263. The molecule has 0 aliphatic carbocycles. The lowest BCUT2D eigenvalue weighted by Gasteiger charge is -2.01. The Morgan fingerprint density at radius 3 is 2.79 bits per heavy atom. The molecule has 1 heterocycles. The van der Waals surface area contributed by atoms with Gasteiger partial charge in [0, 0.05) is 0 Å². The third-order valence-corrected chi connectivity index (χ3v) is 2.66. The van der Waals surface area contributed by atoms with Crippen molar-refractivity contribution in [2.24, 2.45) is 5.10 Å². The molecule has 2 aromatic rings. The van der Waals surface area contributed by atoms with Crippen molar-refractivity contribution >= 4 is 18.1 Å². The van der Waals surface area contributed by atoms with E-state index in [9.17, 15) is 4.79 Å². The highest BCUT2D eigenvalue weighted by atomic mass is 16.4. The molecule has 98 valence electrons. The lowest BCUT2D eigenvalue weighted by molar-refractivity contribution is 0.0696. The van der Waals surface area contributed by atoms with Gasteiger partial charge < -0.3 is 10.8 Å². The van der Waals surface area contributed by atoms with Gasteiger partial charge in [-0.25, -0.2) is 14.5 Å². The number of anilines is 1. The number of aromatic nitrogens is 2. The summed E-state index contributed by atoms with van der Waals surface area (Å²) in [6.45, 7) is 3.57. The number of carboxylic acids is 1. The van der Waals surface area contributed by atoms with Crippen LogP contribution in [-0.4, -0.2) is 27.0 Å². The fourth-order valence-electron chi connectivity index (χ4n) is 1.68. The molecule has 3 N–H and O–H groups in total. The molecular formula is C13H14N4O2. The van der Waals surface area contributed by atoms with Gasteiger partial charge in [0.1, 0.15) is 0 Å². The maximum atomic E-state index is 11.0. The number of hydrogen-bond acceptors (Lipinski definition) is 4. The minimum Gasteiger partial charge on any atom is -0.478 e. The number of aryl methyl sites for hydroxylation is 2. The summed E-state index contributed by atoms with van der Waals surface area (Å²) < 4.78 is 1.44. The van der Waals surface area contributed by atoms with Crippen LogP contribution in [0.5, 0.6) is 0 Å². The highest BCUT2D eigenvalue weighted by Crippen LogP contribution is 2.10. The number of aromatic carboxylic acids is 1. The van der Waals surface area contributed by atoms with Crippen LogP contribution in [0.3, 0.4) is 0 Å². The number of nitrogen functional groups attached to an aromatic ring is 1. The number of imidazole rings is 1. The second-order valence-electron chi connectivity index (χ2n) is 4.21. The molecule has 0 unspecified atom stereocenters. The van der Waals surface area contributed by atoms with Gasteiger partial charge in [0.25, 0.3) is 0 Å². The molecule has 6 nitrogen and oxygen atoms in total. The van der Waals surface area contributed by atoms with E-state index in [2.05, 4.69) is 10.1 Å². The molecule has 0 bridgehead atoms. The van der Waals surface area contributed by atoms with Gasteiger partial charge in [0.15, 0.2) is 0 Å². The van der Waals surface area contributed by atoms with Gasteiger partial charge in [-0.2, -0.15) is 5.10 Å². The molecule has 6 heteroatoms. The zero-order chi connectivity index (χ0) is 14.0. The molecule has 0 fully saturated rings. The van der Waals surface area contributed by atoms with E-state index in [0.717, 1.165) is 5.69 Å². The first-order valence-corrected chi connectivity index (χ1v) is 5.67. The molecule has 0 aliphatic rings. The summed E-state index contributed by atoms with van der Waals surface area (Å²) in [5.41, 5.74) is 8.08. The lowest BCUT2D eigenvalue weighted by atomic mass is 10.1. The van der Waals surface area contributed by atoms with Crippen LogP contribution in [0.1, 0.15) is 27.2 Å². The molecule has 0 amide bonds. The van der Waals surface area contributed by atoms with Gasteiger partial charge in [-0.15, -0.1) is 0 Å². The van der Waals surface area contributed by atoms with E-state index in [0.29, 0.717) is 17.1 Å². The molecule has 2 rings (SSSR count). The van der Waals surface area contributed by atoms with Crippen molar-refractivity contribution in [3.63, 3.8) is 0 Å². The molecule has 1 aromatic heterocycles. The topological polar surface area (TPSA) is 93.5 Å². The Bertz CT molecular complexity index is 659. The van der Waals surface area contributed by atoms with E-state index < -0.39 is 5.97 Å². The molecule has 0 spiro atoms. The van der Waals surface area contributed by atoms with Gasteiger partial charge >= 0.3 is 5.97 Å². The predicted octanol–water partition coefficient (Wildman–Crippen LogP) is 1.66. The molecular weight excluding hydrogens is 244 g/mol. The minimum atomic E-state index is -0.953. The standard InChI is InChI=1S/C13H14N4O2/c1-8-3-4-10(5-11(8)12(18)19)6-15-17-7-9(2)16-13(17)14/h3-7H,1-2H3,(H2,14,16)(H,18,19). The Morgan fingerprint density at radius 2 is 2.21 bits per heavy atom. The van der Waals surface area contributed by atoms with Gasteiger partial charge in [-0.05, 0) is 31.0 Å². The Hall–Kier alpha value is -2.63. The van der Waals surface area contributed by atoms with Crippen molar-refractivity contribution in [2.75, 3.05) is 5.73 Å². The van der Waals surface area contributed by atoms with E-state index >= 15 is 0 Å². The number of carboxylic acid groups (broad SMARTS) is 1. The van der Waals surface area contributed by atoms with Crippen LogP contribution in [0.25, 0.3) is 0 Å². The third kappa shape index (κ3) is 2.79. The number of hydrogen-bond donors (Lipinski definition) is 2. The summed E-state index contributed by atoms with van der Waals surface area (Å²) in [5.74, 6) is -0.662. The molecule has 1 aromatic carbocycles. The van der Waals surface area contributed by atoms with Crippen LogP contribution < -0.4 is 5.73 Å². The van der Waals surface area contributed by atoms with Crippen LogP contribution in [0.4, 0.5) is 5.95 Å². The van der Waals surface area contributed by atoms with Gasteiger partial charge in [0.05, 0.1) is 23.7 Å². The van der Waals surface area contributed by atoms with Crippen molar-refractivity contribution in [3.8, 4) is 0 Å². The van der Waals surface area contributed by atoms with Crippen molar-refractivity contribution in [2.45, 2.75) is 13.8 Å². The highest BCUT2D eigenvalue weighted by Gasteiger charge is 2.07. The first-order chi connectivity index (χ1) is 8.97. The summed E-state index contributed by atoms with van der Waals surface area (Å²) >= 11 is 0. The Morgan fingerprint density at radius 1 is 1.47 bits per heavy atom. The lowest BCUT2D eigenvalue weighted by Crippen LogP contribution is -2.01. The first-order valence-electron chi connectivity index (χ1n) is 5.67. The average Bonchev–Trinajstić information content (AvgIpc) is 2.66. The van der Waals surface area contributed by atoms with Gasteiger partial charge in [-0.3, -0.25) is 0 Å². The molecule has 0 radical (unpaired) electrons. The van der Waals surface area contributed by atoms with E-state index in [1.807, 2.05) is 6.92 Å². The molecule has 0 atom stereocenters. The fraction of sp³-hybridized carbons (Fsp3) is 0.154. The monoisotopic (exact) mass is 258 g/mol. The Balaban J connectivity index is 2.31. The summed E-state index contributed by atoms with van der Waals surface area (Å²) in [5, 5.41) is 13.2. The van der Waals surface area contributed by atoms with E-state index in [-0.39, 0.29) is 5.56 Å². The number of nitrogens with two attached hydrogens (primary N) is 1. The number of nitrogens with zero attached hydrogens (tertiary/aromatic N) is 3. The largest absolute Gasteiger partial charge is 0.478 e. The van der Waals surface area contributed by atoms with Crippen LogP contribution >= 0.6 is 0 Å². The summed E-state index contributed by atoms with van der Waals surface area (Å²) in [6.07, 6.45) is 3.24. The van der Waals surface area contributed by atoms with Crippen molar-refractivity contribution in [1.82, 2.24) is 9.66 Å². The molecule has 0 aliphatic heterocycles. The third-order valence-electron chi connectivity index (χ3n) is 2.66. The number of rotatable bonds is 3. The van der Waals surface area contributed by atoms with E-state index in [1.54, 1.807) is 37.5 Å². The van der Waals surface area contributed by atoms with E-state index in [4.69, 9.17) is 10.8 Å². The summed E-state index contributed by atoms with van der Waals surface area (Å²) in [7, 11) is 0. The quantitative estimate of drug-likeness (QED) is 0.819. The zero-order valence-corrected chi connectivity index (χ0v) is 10.7. The Labute approximate surface area is 110 Å². The normalized spacial score (nSPS) is 11.1. The van der Waals surface area contributed by atoms with Crippen LogP contribution in [0, 0.1) is 13.8 Å². The fourth-order valence-corrected chi connectivity index (χ4v) is 1.68. The van der Waals surface area contributed by atoms with Crippen molar-refractivity contribution < 1.29 is 9.90 Å².